The van der Waals surface area contributed by atoms with Crippen LogP contribution in [0.25, 0.3) is 0 Å². The summed E-state index contributed by atoms with van der Waals surface area (Å²) < 4.78 is 1.14. The molecule has 4 heteroatoms. The summed E-state index contributed by atoms with van der Waals surface area (Å²) in [6.45, 7) is 7.97. The van der Waals surface area contributed by atoms with Crippen LogP contribution < -0.4 is 10.2 Å². The van der Waals surface area contributed by atoms with Gasteiger partial charge in [0.25, 0.3) is 0 Å². The third-order valence-corrected chi connectivity index (χ3v) is 4.43. The van der Waals surface area contributed by atoms with Gasteiger partial charge in [0.2, 0.25) is 0 Å². The molecule has 2 unspecified atom stereocenters. The van der Waals surface area contributed by atoms with Crippen LogP contribution in [0.3, 0.4) is 0 Å². The third-order valence-electron chi connectivity index (χ3n) is 3.79. The van der Waals surface area contributed by atoms with E-state index in [2.05, 4.69) is 58.2 Å². The van der Waals surface area contributed by atoms with Gasteiger partial charge in [-0.25, -0.2) is 0 Å². The smallest absolute Gasteiger partial charge is 0.0599 e. The van der Waals surface area contributed by atoms with Crippen LogP contribution in [0.5, 0.6) is 0 Å². The first kappa shape index (κ1) is 14.8. The van der Waals surface area contributed by atoms with Crippen LogP contribution in [0, 0.1) is 5.92 Å². The van der Waals surface area contributed by atoms with Crippen LogP contribution >= 0.6 is 15.9 Å². The molecule has 3 nitrogen and oxygen atoms in total. The van der Waals surface area contributed by atoms with Gasteiger partial charge in [0, 0.05) is 24.1 Å². The Labute approximate surface area is 124 Å². The molecule has 0 amide bonds. The maximum atomic E-state index is 9.81. The Hall–Kier alpha value is -0.580. The molecule has 0 aliphatic carbocycles. The number of rotatable bonds is 4. The van der Waals surface area contributed by atoms with Crippen molar-refractivity contribution in [2.45, 2.75) is 32.9 Å². The highest BCUT2D eigenvalue weighted by molar-refractivity contribution is 9.10. The fourth-order valence-electron chi connectivity index (χ4n) is 2.54. The second-order valence-electron chi connectivity index (χ2n) is 5.35. The summed E-state index contributed by atoms with van der Waals surface area (Å²) in [5.41, 5.74) is 2.53. The third kappa shape index (κ3) is 3.71. The number of aliphatic hydroxyl groups is 1. The first-order valence-electron chi connectivity index (χ1n) is 7.04. The van der Waals surface area contributed by atoms with Gasteiger partial charge in [-0.05, 0) is 52.5 Å². The monoisotopic (exact) mass is 326 g/mol. The Morgan fingerprint density at radius 2 is 2.26 bits per heavy atom. The molecular formula is C15H23BrN2O. The van der Waals surface area contributed by atoms with Crippen LogP contribution in [0.2, 0.25) is 0 Å². The van der Waals surface area contributed by atoms with Gasteiger partial charge in [-0.3, -0.25) is 0 Å². The number of benzene rings is 1. The first-order valence-corrected chi connectivity index (χ1v) is 7.83. The maximum absolute atomic E-state index is 9.81. The molecule has 0 aromatic heterocycles. The highest BCUT2D eigenvalue weighted by Gasteiger charge is 2.25. The van der Waals surface area contributed by atoms with Crippen LogP contribution in [0.4, 0.5) is 5.69 Å². The van der Waals surface area contributed by atoms with Crippen molar-refractivity contribution >= 4 is 21.6 Å². The Bertz CT molecular complexity index is 425. The summed E-state index contributed by atoms with van der Waals surface area (Å²) in [6.07, 6.45) is 0.704. The molecular weight excluding hydrogens is 304 g/mol. The highest BCUT2D eigenvalue weighted by atomic mass is 79.9. The van der Waals surface area contributed by atoms with Gasteiger partial charge in [0.1, 0.15) is 0 Å². The standard InChI is InChI=1S/C15H23BrN2O/c1-3-17-9-12-4-5-14(13(16)8-12)18-7-6-15(19)11(2)10-18/h4-5,8,11,15,17,19H,3,6-7,9-10H2,1-2H3. The number of nitrogens with zero attached hydrogens (tertiary/aromatic N) is 1. The van der Waals surface area contributed by atoms with E-state index in [1.807, 2.05) is 0 Å². The molecule has 0 radical (unpaired) electrons. The second-order valence-corrected chi connectivity index (χ2v) is 6.20. The van der Waals surface area contributed by atoms with Gasteiger partial charge in [-0.15, -0.1) is 0 Å². The molecule has 1 aliphatic rings. The Balaban J connectivity index is 2.08. The average molecular weight is 327 g/mol. The second kappa shape index (κ2) is 6.73. The van der Waals surface area contributed by atoms with Gasteiger partial charge in [0.15, 0.2) is 0 Å². The minimum absolute atomic E-state index is 0.150. The van der Waals surface area contributed by atoms with Crippen molar-refractivity contribution in [1.29, 1.82) is 0 Å². The lowest BCUT2D eigenvalue weighted by atomic mass is 9.96. The molecule has 1 aliphatic heterocycles. The van der Waals surface area contributed by atoms with Crippen molar-refractivity contribution in [2.75, 3.05) is 24.5 Å². The van der Waals surface area contributed by atoms with E-state index in [1.54, 1.807) is 0 Å². The molecule has 0 saturated carbocycles. The summed E-state index contributed by atoms with van der Waals surface area (Å²) in [6, 6.07) is 6.55. The zero-order chi connectivity index (χ0) is 13.8. The lowest BCUT2D eigenvalue weighted by molar-refractivity contribution is 0.0970. The summed E-state index contributed by atoms with van der Waals surface area (Å²) in [5, 5.41) is 13.1. The molecule has 1 saturated heterocycles. The summed E-state index contributed by atoms with van der Waals surface area (Å²) >= 11 is 3.68. The molecule has 2 rings (SSSR count). The van der Waals surface area contributed by atoms with E-state index in [0.717, 1.165) is 37.1 Å². The fraction of sp³-hybridized carbons (Fsp3) is 0.600. The summed E-state index contributed by atoms with van der Waals surface area (Å²) in [7, 11) is 0. The SMILES string of the molecule is CCNCc1ccc(N2CCC(O)C(C)C2)c(Br)c1. The van der Waals surface area contributed by atoms with Crippen LogP contribution in [-0.4, -0.2) is 30.8 Å². The van der Waals surface area contributed by atoms with E-state index in [1.165, 1.54) is 11.3 Å². The van der Waals surface area contributed by atoms with Crippen molar-refractivity contribution in [3.8, 4) is 0 Å². The zero-order valence-electron chi connectivity index (χ0n) is 11.7. The molecule has 19 heavy (non-hydrogen) atoms. The van der Waals surface area contributed by atoms with Crippen LogP contribution in [-0.2, 0) is 6.54 Å². The van der Waals surface area contributed by atoms with E-state index in [-0.39, 0.29) is 6.10 Å². The van der Waals surface area contributed by atoms with Crippen molar-refractivity contribution in [1.82, 2.24) is 5.32 Å². The van der Waals surface area contributed by atoms with Crippen LogP contribution in [0.1, 0.15) is 25.8 Å². The Morgan fingerprint density at radius 3 is 2.89 bits per heavy atom. The summed E-state index contributed by atoms with van der Waals surface area (Å²) in [5.74, 6) is 0.335. The first-order chi connectivity index (χ1) is 9.11. The number of hydrogen-bond donors (Lipinski definition) is 2. The largest absolute Gasteiger partial charge is 0.393 e. The average Bonchev–Trinajstić information content (AvgIpc) is 2.40. The maximum Gasteiger partial charge on any atom is 0.0599 e. The topological polar surface area (TPSA) is 35.5 Å². The number of aliphatic hydroxyl groups excluding tert-OH is 1. The van der Waals surface area contributed by atoms with Gasteiger partial charge in [0.05, 0.1) is 11.8 Å². The Morgan fingerprint density at radius 1 is 1.47 bits per heavy atom. The molecule has 1 heterocycles. The molecule has 0 bridgehead atoms. The van der Waals surface area contributed by atoms with Crippen LogP contribution in [0.15, 0.2) is 22.7 Å². The number of halogens is 1. The fourth-order valence-corrected chi connectivity index (χ4v) is 3.22. The normalized spacial score (nSPS) is 23.7. The molecule has 2 N–H and O–H groups in total. The highest BCUT2D eigenvalue weighted by Crippen LogP contribution is 2.31. The number of nitrogens with one attached hydrogen (secondary N) is 1. The van der Waals surface area contributed by atoms with E-state index in [9.17, 15) is 5.11 Å². The predicted molar refractivity (Wildman–Crippen MR) is 83.5 cm³/mol. The minimum Gasteiger partial charge on any atom is -0.393 e. The van der Waals surface area contributed by atoms with Gasteiger partial charge >= 0.3 is 0 Å². The van der Waals surface area contributed by atoms with E-state index in [0.29, 0.717) is 5.92 Å². The molecule has 106 valence electrons. The molecule has 2 atom stereocenters. The van der Waals surface area contributed by atoms with Crippen molar-refractivity contribution in [3.63, 3.8) is 0 Å². The quantitative estimate of drug-likeness (QED) is 0.893. The van der Waals surface area contributed by atoms with Gasteiger partial charge < -0.3 is 15.3 Å². The van der Waals surface area contributed by atoms with E-state index >= 15 is 0 Å². The lowest BCUT2D eigenvalue weighted by Crippen LogP contribution is -2.42. The number of hydrogen-bond acceptors (Lipinski definition) is 3. The Kier molecular flexibility index (Phi) is 5.25. The molecule has 1 fully saturated rings. The number of piperidine rings is 1. The van der Waals surface area contributed by atoms with Crippen molar-refractivity contribution < 1.29 is 5.11 Å². The van der Waals surface area contributed by atoms with E-state index in [4.69, 9.17) is 0 Å². The predicted octanol–water partition coefficient (Wildman–Crippen LogP) is 2.77. The number of anilines is 1. The lowest BCUT2D eigenvalue weighted by Gasteiger charge is -2.36. The van der Waals surface area contributed by atoms with Crippen molar-refractivity contribution in [2.24, 2.45) is 5.92 Å². The van der Waals surface area contributed by atoms with Gasteiger partial charge in [-0.1, -0.05) is 19.9 Å². The molecule has 0 spiro atoms. The minimum atomic E-state index is -0.150. The van der Waals surface area contributed by atoms with Gasteiger partial charge in [-0.2, -0.15) is 0 Å². The van der Waals surface area contributed by atoms with E-state index < -0.39 is 0 Å². The zero-order valence-corrected chi connectivity index (χ0v) is 13.3. The van der Waals surface area contributed by atoms with Crippen molar-refractivity contribution in [3.05, 3.63) is 28.2 Å². The summed E-state index contributed by atoms with van der Waals surface area (Å²) in [4.78, 5) is 2.36. The molecule has 1 aromatic rings. The molecule has 1 aromatic carbocycles.